The van der Waals surface area contributed by atoms with Gasteiger partial charge in [-0.1, -0.05) is 36.4 Å². The lowest BCUT2D eigenvalue weighted by Crippen LogP contribution is -2.25. The van der Waals surface area contributed by atoms with E-state index in [1.165, 1.54) is 4.68 Å². The molecule has 0 saturated carbocycles. The fourth-order valence-electron chi connectivity index (χ4n) is 3.64. The number of amides is 1. The van der Waals surface area contributed by atoms with Crippen LogP contribution in [0.2, 0.25) is 0 Å². The molecule has 172 valence electrons. The summed E-state index contributed by atoms with van der Waals surface area (Å²) in [5.41, 5.74) is 9.74. The number of carbonyl (C=O) groups is 1. The average Bonchev–Trinajstić information content (AvgIpc) is 3.54. The molecule has 7 heteroatoms. The van der Waals surface area contributed by atoms with Crippen LogP contribution in [-0.2, 0) is 11.3 Å². The number of unbranched alkanes of at least 4 members (excludes halogenated alkanes) is 1. The van der Waals surface area contributed by atoms with Gasteiger partial charge in [-0.3, -0.25) is 4.79 Å². The number of nitrogens with zero attached hydrogens (tertiary/aromatic N) is 4. The Bertz CT molecular complexity index is 1260. The Kier molecular flexibility index (Phi) is 7.35. The zero-order chi connectivity index (χ0) is 23.8. The molecule has 0 spiro atoms. The first kappa shape index (κ1) is 22.8. The van der Waals surface area contributed by atoms with Crippen molar-refractivity contribution in [1.29, 1.82) is 0 Å². The van der Waals surface area contributed by atoms with Crippen LogP contribution in [0.25, 0.3) is 22.5 Å². The molecule has 1 amide bonds. The molecule has 2 aromatic heterocycles. The molecule has 2 aromatic carbocycles. The third kappa shape index (κ3) is 5.50. The molecule has 2 heterocycles. The van der Waals surface area contributed by atoms with Gasteiger partial charge in [-0.25, -0.2) is 4.68 Å². The highest BCUT2D eigenvalue weighted by atomic mass is 16.5. The highest BCUT2D eigenvalue weighted by molar-refractivity contribution is 5.93. The summed E-state index contributed by atoms with van der Waals surface area (Å²) in [6, 6.07) is 23.6. The van der Waals surface area contributed by atoms with Gasteiger partial charge in [0, 0.05) is 23.8 Å². The summed E-state index contributed by atoms with van der Waals surface area (Å²) in [4.78, 5) is 16.9. The van der Waals surface area contributed by atoms with Crippen LogP contribution in [0.3, 0.4) is 0 Å². The van der Waals surface area contributed by atoms with Crippen molar-refractivity contribution < 1.29 is 9.53 Å². The number of carbonyl (C=O) groups excluding carboxylic acids is 1. The van der Waals surface area contributed by atoms with Crippen LogP contribution in [0, 0.1) is 0 Å². The van der Waals surface area contributed by atoms with Crippen LogP contribution in [0.1, 0.15) is 12.8 Å². The van der Waals surface area contributed by atoms with E-state index in [1.54, 1.807) is 18.5 Å². The van der Waals surface area contributed by atoms with Gasteiger partial charge in [0.05, 0.1) is 6.61 Å². The van der Waals surface area contributed by atoms with Gasteiger partial charge in [0.1, 0.15) is 12.3 Å². The van der Waals surface area contributed by atoms with E-state index in [0.717, 1.165) is 41.1 Å². The van der Waals surface area contributed by atoms with Crippen LogP contribution < -0.4 is 10.5 Å². The second kappa shape index (κ2) is 11.0. The van der Waals surface area contributed by atoms with E-state index in [0.29, 0.717) is 6.61 Å². The van der Waals surface area contributed by atoms with Crippen molar-refractivity contribution in [2.75, 3.05) is 6.61 Å². The lowest BCUT2D eigenvalue weighted by Gasteiger charge is -2.13. The van der Waals surface area contributed by atoms with Gasteiger partial charge in [-0.2, -0.15) is 10.1 Å². The average molecular weight is 454 g/mol. The Hall–Kier alpha value is -4.39. The minimum atomic E-state index is -0.371. The largest absolute Gasteiger partial charge is 0.494 e. The predicted octanol–water partition coefficient (Wildman–Crippen LogP) is 4.75. The van der Waals surface area contributed by atoms with E-state index in [2.05, 4.69) is 16.7 Å². The maximum Gasteiger partial charge on any atom is 0.268 e. The number of allylic oxidation sites excluding steroid dienone is 1. The van der Waals surface area contributed by atoms with Gasteiger partial charge in [0.2, 0.25) is 5.96 Å². The minimum absolute atomic E-state index is 0.0305. The molecule has 2 N–H and O–H groups in total. The zero-order valence-corrected chi connectivity index (χ0v) is 18.9. The monoisotopic (exact) mass is 453 g/mol. The highest BCUT2D eigenvalue weighted by Crippen LogP contribution is 2.30. The summed E-state index contributed by atoms with van der Waals surface area (Å²) in [6.07, 6.45) is 6.97. The van der Waals surface area contributed by atoms with Gasteiger partial charge >= 0.3 is 0 Å². The Morgan fingerprint density at radius 1 is 1.00 bits per heavy atom. The molecular formula is C27H27N5O2. The van der Waals surface area contributed by atoms with E-state index < -0.39 is 0 Å². The summed E-state index contributed by atoms with van der Waals surface area (Å²) in [6.45, 7) is 4.41. The van der Waals surface area contributed by atoms with Gasteiger partial charge in [-0.15, -0.1) is 6.58 Å². The number of hydrogen-bond acceptors (Lipinski definition) is 3. The lowest BCUT2D eigenvalue weighted by molar-refractivity contribution is -0.118. The van der Waals surface area contributed by atoms with Crippen LogP contribution in [0.4, 0.5) is 0 Å². The molecular weight excluding hydrogens is 426 g/mol. The smallest absolute Gasteiger partial charge is 0.268 e. The van der Waals surface area contributed by atoms with E-state index >= 15 is 0 Å². The molecule has 0 saturated heterocycles. The molecule has 4 aromatic rings. The number of nitrogens with two attached hydrogens (primary N) is 1. The number of aromatic nitrogens is 3. The first-order valence-corrected chi connectivity index (χ1v) is 11.1. The molecule has 0 bridgehead atoms. The fraction of sp³-hybridized carbons (Fsp3) is 0.148. The summed E-state index contributed by atoms with van der Waals surface area (Å²) in [5.74, 6) is 0.467. The third-order valence-electron chi connectivity index (χ3n) is 5.29. The molecule has 0 aliphatic heterocycles. The van der Waals surface area contributed by atoms with Crippen LogP contribution in [0.5, 0.6) is 5.75 Å². The topological polar surface area (TPSA) is 87.4 Å². The van der Waals surface area contributed by atoms with E-state index in [4.69, 9.17) is 10.5 Å². The van der Waals surface area contributed by atoms with Crippen molar-refractivity contribution in [3.05, 3.63) is 97.8 Å². The van der Waals surface area contributed by atoms with Gasteiger partial charge in [0.25, 0.3) is 5.91 Å². The zero-order valence-electron chi connectivity index (χ0n) is 18.9. The Morgan fingerprint density at radius 2 is 1.71 bits per heavy atom. The van der Waals surface area contributed by atoms with Gasteiger partial charge in [0.15, 0.2) is 0 Å². The van der Waals surface area contributed by atoms with Crippen LogP contribution in [0.15, 0.2) is 103 Å². The molecule has 0 unspecified atom stereocenters. The fourth-order valence-corrected chi connectivity index (χ4v) is 3.64. The Morgan fingerprint density at radius 3 is 2.35 bits per heavy atom. The number of rotatable bonds is 9. The van der Waals surface area contributed by atoms with Crippen molar-refractivity contribution in [3.63, 3.8) is 0 Å². The van der Waals surface area contributed by atoms with Crippen molar-refractivity contribution in [2.24, 2.45) is 10.7 Å². The first-order chi connectivity index (χ1) is 16.7. The number of benzene rings is 2. The number of aliphatic imine (C=N–C) groups is 1. The standard InChI is InChI=1S/C27H27N5O2/c1-2-3-7-19-34-23-13-11-22(12-14-23)25-16-15-24(21-9-5-4-6-10-21)31(25)20-26(33)30-27(28)32-18-8-17-29-32/h2,4-6,8-18H,1,3,7,19-20H2,(H2,28,30,33). The second-order valence-corrected chi connectivity index (χ2v) is 7.67. The van der Waals surface area contributed by atoms with Gasteiger partial charge < -0.3 is 15.0 Å². The Balaban J connectivity index is 1.61. The van der Waals surface area contributed by atoms with Crippen molar-refractivity contribution in [3.8, 4) is 28.3 Å². The molecule has 4 rings (SSSR count). The summed E-state index contributed by atoms with van der Waals surface area (Å²) < 4.78 is 9.12. The molecule has 0 atom stereocenters. The number of ether oxygens (including phenoxy) is 1. The minimum Gasteiger partial charge on any atom is -0.494 e. The van der Waals surface area contributed by atoms with Gasteiger partial charge in [-0.05, 0) is 66.4 Å². The SMILES string of the molecule is C=CCCCOc1ccc(-c2ccc(-c3ccccc3)n2CC(=O)N=C(N)n2cccn2)cc1. The summed E-state index contributed by atoms with van der Waals surface area (Å²) in [5, 5.41) is 4.02. The molecule has 0 fully saturated rings. The Labute approximate surface area is 198 Å². The number of hydrogen-bond donors (Lipinski definition) is 1. The highest BCUT2D eigenvalue weighted by Gasteiger charge is 2.15. The van der Waals surface area contributed by atoms with Crippen LogP contribution in [-0.4, -0.2) is 32.8 Å². The first-order valence-electron chi connectivity index (χ1n) is 11.1. The lowest BCUT2D eigenvalue weighted by atomic mass is 10.1. The molecule has 34 heavy (non-hydrogen) atoms. The third-order valence-corrected chi connectivity index (χ3v) is 5.29. The van der Waals surface area contributed by atoms with Crippen LogP contribution >= 0.6 is 0 Å². The molecule has 0 aliphatic carbocycles. The second-order valence-electron chi connectivity index (χ2n) is 7.67. The normalized spacial score (nSPS) is 11.4. The van der Waals surface area contributed by atoms with E-state index in [9.17, 15) is 4.79 Å². The van der Waals surface area contributed by atoms with Crippen molar-refractivity contribution in [1.82, 2.24) is 14.3 Å². The van der Waals surface area contributed by atoms with Crippen molar-refractivity contribution in [2.45, 2.75) is 19.4 Å². The quantitative estimate of drug-likeness (QED) is 0.171. The molecule has 7 nitrogen and oxygen atoms in total. The maximum atomic E-state index is 12.9. The summed E-state index contributed by atoms with van der Waals surface area (Å²) >= 11 is 0. The van der Waals surface area contributed by atoms with Crippen molar-refractivity contribution >= 4 is 11.9 Å². The summed E-state index contributed by atoms with van der Waals surface area (Å²) in [7, 11) is 0. The van der Waals surface area contributed by atoms with E-state index in [1.807, 2.05) is 77.4 Å². The molecule has 0 aliphatic rings. The predicted molar refractivity (Wildman–Crippen MR) is 134 cm³/mol. The molecule has 0 radical (unpaired) electrons. The maximum absolute atomic E-state index is 12.9. The van der Waals surface area contributed by atoms with E-state index in [-0.39, 0.29) is 18.4 Å².